The van der Waals surface area contributed by atoms with Gasteiger partial charge in [-0.2, -0.15) is 0 Å². The van der Waals surface area contributed by atoms with E-state index in [0.29, 0.717) is 0 Å². The van der Waals surface area contributed by atoms with Crippen molar-refractivity contribution in [2.45, 2.75) is 39.7 Å². The van der Waals surface area contributed by atoms with Gasteiger partial charge in [-0.25, -0.2) is 0 Å². The SMILES string of the molecule is [CH2]CC(C)(C)N(CC)CC.[GeH4]. The van der Waals surface area contributed by atoms with Crippen molar-refractivity contribution in [3.05, 3.63) is 6.92 Å². The van der Waals surface area contributed by atoms with Crippen molar-refractivity contribution < 1.29 is 0 Å². The van der Waals surface area contributed by atoms with E-state index in [1.54, 1.807) is 0 Å². The molecule has 0 aromatic carbocycles. The Morgan fingerprint density at radius 3 is 1.64 bits per heavy atom. The molecule has 0 heterocycles. The standard InChI is InChI=1S/C9H20N.GeH4/c1-6-9(4,5)10(7-2)8-3;/h1,6-8H2,2-5H3;1H4. The summed E-state index contributed by atoms with van der Waals surface area (Å²) in [6.07, 6.45) is 0.981. The van der Waals surface area contributed by atoms with E-state index in [0.717, 1.165) is 19.5 Å². The fourth-order valence-electron chi connectivity index (χ4n) is 1.24. The van der Waals surface area contributed by atoms with Gasteiger partial charge in [0.05, 0.1) is 0 Å². The molecule has 0 aliphatic rings. The first-order chi connectivity index (χ1) is 4.58. The molecule has 1 radical (unpaired) electrons. The maximum atomic E-state index is 3.93. The fourth-order valence-corrected chi connectivity index (χ4v) is 1.24. The van der Waals surface area contributed by atoms with E-state index in [1.807, 2.05) is 0 Å². The van der Waals surface area contributed by atoms with Crippen LogP contribution < -0.4 is 0 Å². The van der Waals surface area contributed by atoms with E-state index in [2.05, 4.69) is 39.5 Å². The molecule has 0 amide bonds. The molecule has 0 saturated carbocycles. The first-order valence-corrected chi connectivity index (χ1v) is 4.12. The third-order valence-corrected chi connectivity index (χ3v) is 2.23. The van der Waals surface area contributed by atoms with Crippen LogP contribution in [0.3, 0.4) is 0 Å². The molecule has 69 valence electrons. The van der Waals surface area contributed by atoms with Crippen molar-refractivity contribution in [1.82, 2.24) is 4.90 Å². The Bertz CT molecular complexity index is 87.6. The molecular formula is C9H24GeN. The van der Waals surface area contributed by atoms with Crippen molar-refractivity contribution in [3.8, 4) is 0 Å². The van der Waals surface area contributed by atoms with E-state index in [-0.39, 0.29) is 23.1 Å². The van der Waals surface area contributed by atoms with Gasteiger partial charge in [-0.3, -0.25) is 4.90 Å². The molecule has 2 heteroatoms. The molecule has 0 aromatic heterocycles. The second-order valence-electron chi connectivity index (χ2n) is 3.23. The van der Waals surface area contributed by atoms with Crippen molar-refractivity contribution in [3.63, 3.8) is 0 Å². The Balaban J connectivity index is 0. The van der Waals surface area contributed by atoms with Gasteiger partial charge in [0.25, 0.3) is 0 Å². The normalized spacial score (nSPS) is 11.5. The van der Waals surface area contributed by atoms with Gasteiger partial charge in [-0.05, 0) is 33.4 Å². The fraction of sp³-hybridized carbons (Fsp3) is 0.889. The van der Waals surface area contributed by atoms with Crippen LogP contribution in [0.4, 0.5) is 0 Å². The van der Waals surface area contributed by atoms with Crippen LogP contribution in [0.1, 0.15) is 34.1 Å². The summed E-state index contributed by atoms with van der Waals surface area (Å²) in [5.74, 6) is 0. The molecule has 0 aliphatic heterocycles. The van der Waals surface area contributed by atoms with Crippen molar-refractivity contribution in [2.24, 2.45) is 0 Å². The second-order valence-corrected chi connectivity index (χ2v) is 3.23. The molecule has 0 bridgehead atoms. The summed E-state index contributed by atoms with van der Waals surface area (Å²) in [6.45, 7) is 15.1. The maximum absolute atomic E-state index is 3.93. The molecule has 0 unspecified atom stereocenters. The Kier molecular flexibility index (Phi) is 7.75. The van der Waals surface area contributed by atoms with Gasteiger partial charge in [-0.1, -0.05) is 20.8 Å². The molecule has 0 N–H and O–H groups in total. The van der Waals surface area contributed by atoms with E-state index in [1.165, 1.54) is 0 Å². The minimum absolute atomic E-state index is 0. The zero-order valence-corrected chi connectivity index (χ0v) is 7.78. The molecule has 0 aromatic rings. The average molecular weight is 219 g/mol. The Labute approximate surface area is 82.5 Å². The van der Waals surface area contributed by atoms with E-state index in [4.69, 9.17) is 0 Å². The third kappa shape index (κ3) is 4.16. The van der Waals surface area contributed by atoms with Gasteiger partial charge in [-0.15, -0.1) is 0 Å². The van der Waals surface area contributed by atoms with Crippen molar-refractivity contribution in [2.75, 3.05) is 13.1 Å². The first kappa shape index (κ1) is 14.1. The van der Waals surface area contributed by atoms with Crippen LogP contribution in [-0.2, 0) is 0 Å². The van der Waals surface area contributed by atoms with Gasteiger partial charge in [0.1, 0.15) is 0 Å². The van der Waals surface area contributed by atoms with Gasteiger partial charge in [0.2, 0.25) is 0 Å². The summed E-state index contributed by atoms with van der Waals surface area (Å²) < 4.78 is 0. The second kappa shape index (κ2) is 6.07. The van der Waals surface area contributed by atoms with Gasteiger partial charge in [0.15, 0.2) is 0 Å². The predicted octanol–water partition coefficient (Wildman–Crippen LogP) is 0.879. The Hall–Kier alpha value is 0.503. The van der Waals surface area contributed by atoms with Gasteiger partial charge >= 0.3 is 17.6 Å². The minimum atomic E-state index is 0. The average Bonchev–Trinajstić information content (AvgIpc) is 1.90. The predicted molar refractivity (Wildman–Crippen MR) is 58.3 cm³/mol. The number of nitrogens with zero attached hydrogens (tertiary/aromatic N) is 1. The number of hydrogen-bond donors (Lipinski definition) is 0. The van der Waals surface area contributed by atoms with Crippen molar-refractivity contribution in [1.29, 1.82) is 0 Å². The van der Waals surface area contributed by atoms with Crippen LogP contribution in [0, 0.1) is 6.92 Å². The molecule has 0 spiro atoms. The summed E-state index contributed by atoms with van der Waals surface area (Å²) in [5, 5.41) is 0. The molecule has 0 fully saturated rings. The van der Waals surface area contributed by atoms with Gasteiger partial charge in [0, 0.05) is 5.54 Å². The molecule has 0 rings (SSSR count). The van der Waals surface area contributed by atoms with Crippen LogP contribution >= 0.6 is 0 Å². The molecule has 0 aliphatic carbocycles. The summed E-state index contributed by atoms with van der Waals surface area (Å²) in [7, 11) is 0. The van der Waals surface area contributed by atoms with Gasteiger partial charge < -0.3 is 0 Å². The molecule has 0 saturated heterocycles. The van der Waals surface area contributed by atoms with Crippen LogP contribution in [0.15, 0.2) is 0 Å². The van der Waals surface area contributed by atoms with E-state index in [9.17, 15) is 0 Å². The van der Waals surface area contributed by atoms with Crippen LogP contribution in [0.25, 0.3) is 0 Å². The molecule has 0 atom stereocenters. The zero-order chi connectivity index (χ0) is 8.20. The molecular weight excluding hydrogens is 195 g/mol. The monoisotopic (exact) mass is 220 g/mol. The first-order valence-electron chi connectivity index (χ1n) is 4.12. The topological polar surface area (TPSA) is 3.24 Å². The molecule has 1 nitrogen and oxygen atoms in total. The third-order valence-electron chi connectivity index (χ3n) is 2.23. The zero-order valence-electron chi connectivity index (χ0n) is 7.78. The summed E-state index contributed by atoms with van der Waals surface area (Å²) in [6, 6.07) is 0. The Morgan fingerprint density at radius 1 is 1.18 bits per heavy atom. The van der Waals surface area contributed by atoms with Crippen LogP contribution in [0.2, 0.25) is 0 Å². The van der Waals surface area contributed by atoms with Crippen LogP contribution in [0.5, 0.6) is 0 Å². The number of rotatable bonds is 4. The molecule has 11 heavy (non-hydrogen) atoms. The van der Waals surface area contributed by atoms with E-state index < -0.39 is 0 Å². The Morgan fingerprint density at radius 2 is 1.55 bits per heavy atom. The summed E-state index contributed by atoms with van der Waals surface area (Å²) in [5.41, 5.74) is 0.281. The van der Waals surface area contributed by atoms with E-state index >= 15 is 0 Å². The number of hydrogen-bond acceptors (Lipinski definition) is 1. The summed E-state index contributed by atoms with van der Waals surface area (Å²) >= 11 is 0. The quantitative estimate of drug-likeness (QED) is 0.634. The summed E-state index contributed by atoms with van der Waals surface area (Å²) in [4.78, 5) is 2.43. The van der Waals surface area contributed by atoms with Crippen molar-refractivity contribution >= 4 is 17.6 Å². The van der Waals surface area contributed by atoms with Crippen LogP contribution in [-0.4, -0.2) is 41.1 Å².